The van der Waals surface area contributed by atoms with E-state index in [9.17, 15) is 9.59 Å². The van der Waals surface area contributed by atoms with E-state index >= 15 is 0 Å². The van der Waals surface area contributed by atoms with Gasteiger partial charge in [-0.05, 0) is 33.1 Å². The zero-order chi connectivity index (χ0) is 15.7. The molecule has 0 spiro atoms. The SMILES string of the molecule is Cc1c(C)n2c(SCC(=O)N3CCCCC3)nnc2[nH]c1=O. The van der Waals surface area contributed by atoms with E-state index in [1.54, 1.807) is 11.3 Å². The van der Waals surface area contributed by atoms with Gasteiger partial charge in [0.2, 0.25) is 11.7 Å². The highest BCUT2D eigenvalue weighted by Crippen LogP contribution is 2.19. The van der Waals surface area contributed by atoms with Crippen LogP contribution in [0.25, 0.3) is 5.78 Å². The largest absolute Gasteiger partial charge is 0.342 e. The van der Waals surface area contributed by atoms with Gasteiger partial charge in [-0.3, -0.25) is 19.0 Å². The van der Waals surface area contributed by atoms with Crippen LogP contribution in [0.5, 0.6) is 0 Å². The van der Waals surface area contributed by atoms with Gasteiger partial charge < -0.3 is 4.90 Å². The molecule has 1 aliphatic rings. The van der Waals surface area contributed by atoms with E-state index in [1.807, 2.05) is 11.8 Å². The normalized spacial score (nSPS) is 15.5. The molecule has 3 heterocycles. The fourth-order valence-electron chi connectivity index (χ4n) is 2.63. The van der Waals surface area contributed by atoms with Gasteiger partial charge in [0.1, 0.15) is 0 Å². The summed E-state index contributed by atoms with van der Waals surface area (Å²) in [5.74, 6) is 0.902. The molecule has 0 radical (unpaired) electrons. The van der Waals surface area contributed by atoms with E-state index in [1.165, 1.54) is 18.2 Å². The number of likely N-dealkylation sites (tertiary alicyclic amines) is 1. The number of carbonyl (C=O) groups excluding carboxylic acids is 1. The van der Waals surface area contributed by atoms with E-state index in [4.69, 9.17) is 0 Å². The second-order valence-electron chi connectivity index (χ2n) is 5.54. The summed E-state index contributed by atoms with van der Waals surface area (Å²) < 4.78 is 1.80. The molecule has 1 fully saturated rings. The topological polar surface area (TPSA) is 83.4 Å². The molecule has 1 saturated heterocycles. The van der Waals surface area contributed by atoms with Gasteiger partial charge in [-0.1, -0.05) is 11.8 Å². The Balaban J connectivity index is 1.78. The number of thioether (sulfide) groups is 1. The Morgan fingerprint density at radius 1 is 1.23 bits per heavy atom. The van der Waals surface area contributed by atoms with Crippen LogP contribution < -0.4 is 5.56 Å². The van der Waals surface area contributed by atoms with Gasteiger partial charge in [0.15, 0.2) is 5.16 Å². The average molecular weight is 321 g/mol. The van der Waals surface area contributed by atoms with Crippen molar-refractivity contribution in [2.45, 2.75) is 38.3 Å². The molecule has 0 saturated carbocycles. The van der Waals surface area contributed by atoms with Crippen molar-refractivity contribution in [3.8, 4) is 0 Å². The fourth-order valence-corrected chi connectivity index (χ4v) is 3.52. The Kier molecular flexibility index (Phi) is 4.19. The second kappa shape index (κ2) is 6.12. The fraction of sp³-hybridized carbons (Fsp3) is 0.571. The molecule has 0 atom stereocenters. The Hall–Kier alpha value is -1.83. The predicted octanol–water partition coefficient (Wildman–Crippen LogP) is 1.14. The summed E-state index contributed by atoms with van der Waals surface area (Å²) >= 11 is 1.36. The maximum Gasteiger partial charge on any atom is 0.255 e. The van der Waals surface area contributed by atoms with Crippen LogP contribution in [0.3, 0.4) is 0 Å². The number of nitrogens with one attached hydrogen (secondary N) is 1. The van der Waals surface area contributed by atoms with E-state index in [0.29, 0.717) is 22.3 Å². The molecule has 2 aromatic rings. The minimum atomic E-state index is -0.154. The van der Waals surface area contributed by atoms with Crippen molar-refractivity contribution in [3.05, 3.63) is 21.6 Å². The van der Waals surface area contributed by atoms with Gasteiger partial charge in [0.25, 0.3) is 5.56 Å². The first kappa shape index (κ1) is 15.1. The Bertz CT molecular complexity index is 760. The van der Waals surface area contributed by atoms with E-state index in [-0.39, 0.29) is 11.5 Å². The van der Waals surface area contributed by atoms with Crippen molar-refractivity contribution in [1.29, 1.82) is 0 Å². The molecule has 1 N–H and O–H groups in total. The average Bonchev–Trinajstić information content (AvgIpc) is 2.94. The van der Waals surface area contributed by atoms with Gasteiger partial charge in [-0.2, -0.15) is 0 Å². The summed E-state index contributed by atoms with van der Waals surface area (Å²) in [5.41, 5.74) is 1.28. The molecule has 118 valence electrons. The van der Waals surface area contributed by atoms with Crippen molar-refractivity contribution in [3.63, 3.8) is 0 Å². The third-order valence-electron chi connectivity index (χ3n) is 4.11. The monoisotopic (exact) mass is 321 g/mol. The molecule has 0 unspecified atom stereocenters. The number of piperidine rings is 1. The van der Waals surface area contributed by atoms with Crippen LogP contribution in [0.1, 0.15) is 30.5 Å². The van der Waals surface area contributed by atoms with Gasteiger partial charge >= 0.3 is 0 Å². The van der Waals surface area contributed by atoms with Crippen molar-refractivity contribution in [1.82, 2.24) is 24.5 Å². The zero-order valence-corrected chi connectivity index (χ0v) is 13.6. The highest BCUT2D eigenvalue weighted by atomic mass is 32.2. The standard InChI is InChI=1S/C14H19N5O2S/c1-9-10(2)19-13(15-12(9)21)16-17-14(19)22-8-11(20)18-6-4-3-5-7-18/h3-8H2,1-2H3,(H,15,16,21). The number of aromatic nitrogens is 4. The molecule has 22 heavy (non-hydrogen) atoms. The van der Waals surface area contributed by atoms with Crippen LogP contribution in [0.4, 0.5) is 0 Å². The molecular weight excluding hydrogens is 302 g/mol. The van der Waals surface area contributed by atoms with Crippen LogP contribution in [-0.2, 0) is 4.79 Å². The summed E-state index contributed by atoms with van der Waals surface area (Å²) in [5, 5.41) is 8.71. The molecule has 3 rings (SSSR count). The van der Waals surface area contributed by atoms with E-state index in [2.05, 4.69) is 15.2 Å². The van der Waals surface area contributed by atoms with Crippen LogP contribution in [0.2, 0.25) is 0 Å². The van der Waals surface area contributed by atoms with E-state index < -0.39 is 0 Å². The summed E-state index contributed by atoms with van der Waals surface area (Å²) in [6, 6.07) is 0. The van der Waals surface area contributed by atoms with Crippen molar-refractivity contribution in [2.24, 2.45) is 0 Å². The van der Waals surface area contributed by atoms with Gasteiger partial charge in [-0.25, -0.2) is 0 Å². The molecular formula is C14H19N5O2S. The zero-order valence-electron chi connectivity index (χ0n) is 12.8. The number of carbonyl (C=O) groups is 1. The first-order valence-corrected chi connectivity index (χ1v) is 8.41. The molecule has 2 aromatic heterocycles. The minimum absolute atomic E-state index is 0.139. The van der Waals surface area contributed by atoms with Crippen LogP contribution in [-0.4, -0.2) is 49.2 Å². The molecule has 0 aromatic carbocycles. The summed E-state index contributed by atoms with van der Waals surface area (Å²) in [6.45, 7) is 5.33. The minimum Gasteiger partial charge on any atom is -0.342 e. The molecule has 1 aliphatic heterocycles. The highest BCUT2D eigenvalue weighted by Gasteiger charge is 2.18. The smallest absolute Gasteiger partial charge is 0.255 e. The number of hydrogen-bond donors (Lipinski definition) is 1. The summed E-state index contributed by atoms with van der Waals surface area (Å²) in [6.07, 6.45) is 3.38. The first-order chi connectivity index (χ1) is 10.6. The summed E-state index contributed by atoms with van der Waals surface area (Å²) in [4.78, 5) is 28.6. The number of H-pyrrole nitrogens is 1. The third kappa shape index (κ3) is 2.75. The molecule has 8 heteroatoms. The van der Waals surface area contributed by atoms with Crippen LogP contribution in [0.15, 0.2) is 9.95 Å². The third-order valence-corrected chi connectivity index (χ3v) is 5.02. The lowest BCUT2D eigenvalue weighted by Crippen LogP contribution is -2.36. The molecule has 7 nitrogen and oxygen atoms in total. The number of amides is 1. The van der Waals surface area contributed by atoms with Crippen molar-refractivity contribution < 1.29 is 4.79 Å². The second-order valence-corrected chi connectivity index (χ2v) is 6.48. The van der Waals surface area contributed by atoms with Gasteiger partial charge in [-0.15, -0.1) is 10.2 Å². The first-order valence-electron chi connectivity index (χ1n) is 7.43. The maximum atomic E-state index is 12.2. The Morgan fingerprint density at radius 3 is 2.68 bits per heavy atom. The number of aryl methyl sites for hydroxylation is 1. The number of aromatic amines is 1. The van der Waals surface area contributed by atoms with Gasteiger partial charge in [0, 0.05) is 24.3 Å². The van der Waals surface area contributed by atoms with Gasteiger partial charge in [0.05, 0.1) is 5.75 Å². The number of hydrogen-bond acceptors (Lipinski definition) is 5. The van der Waals surface area contributed by atoms with E-state index in [0.717, 1.165) is 31.6 Å². The Labute approximate surface area is 132 Å². The highest BCUT2D eigenvalue weighted by molar-refractivity contribution is 7.99. The lowest BCUT2D eigenvalue weighted by Gasteiger charge is -2.26. The van der Waals surface area contributed by atoms with Crippen LogP contribution >= 0.6 is 11.8 Å². The number of rotatable bonds is 3. The Morgan fingerprint density at radius 2 is 1.95 bits per heavy atom. The summed E-state index contributed by atoms with van der Waals surface area (Å²) in [7, 11) is 0. The van der Waals surface area contributed by atoms with Crippen LogP contribution in [0, 0.1) is 13.8 Å². The lowest BCUT2D eigenvalue weighted by molar-refractivity contribution is -0.129. The lowest BCUT2D eigenvalue weighted by atomic mass is 10.1. The predicted molar refractivity (Wildman–Crippen MR) is 84.2 cm³/mol. The van der Waals surface area contributed by atoms with Crippen molar-refractivity contribution in [2.75, 3.05) is 18.8 Å². The number of fused-ring (bicyclic) bond motifs is 1. The molecule has 1 amide bonds. The number of nitrogens with zero attached hydrogens (tertiary/aromatic N) is 4. The molecule has 0 aliphatic carbocycles. The maximum absolute atomic E-state index is 12.2. The molecule has 0 bridgehead atoms. The quantitative estimate of drug-likeness (QED) is 0.857. The van der Waals surface area contributed by atoms with Crippen molar-refractivity contribution >= 4 is 23.4 Å².